The molecule has 0 atom stereocenters. The summed E-state index contributed by atoms with van der Waals surface area (Å²) in [6.07, 6.45) is 21.1. The van der Waals surface area contributed by atoms with Gasteiger partial charge >= 0.3 is 0 Å². The van der Waals surface area contributed by atoms with Crippen molar-refractivity contribution >= 4 is 0 Å². The molecule has 1 saturated heterocycles. The molecule has 2 nitrogen and oxygen atoms in total. The first-order valence-electron chi connectivity index (χ1n) is 11.6. The maximum Gasteiger partial charge on any atom is 0.157 e. The third kappa shape index (κ3) is 5.83. The average molecular weight is 363 g/mol. The maximum absolute atomic E-state index is 6.01. The second-order valence-electron chi connectivity index (χ2n) is 9.25. The summed E-state index contributed by atoms with van der Waals surface area (Å²) in [4.78, 5) is 0. The monoisotopic (exact) mass is 362 g/mol. The van der Waals surface area contributed by atoms with Gasteiger partial charge in [0.05, 0.1) is 13.2 Å². The molecule has 0 amide bonds. The Balaban J connectivity index is 1.33. The van der Waals surface area contributed by atoms with Crippen LogP contribution in [0.2, 0.25) is 0 Å². The summed E-state index contributed by atoms with van der Waals surface area (Å²) in [5.74, 6) is 4.60. The number of hydrogen-bond acceptors (Lipinski definition) is 2. The summed E-state index contributed by atoms with van der Waals surface area (Å²) in [6, 6.07) is 0. The third-order valence-electron chi connectivity index (χ3n) is 7.54. The van der Waals surface area contributed by atoms with Gasteiger partial charge in [-0.25, -0.2) is 0 Å². The predicted molar refractivity (Wildman–Crippen MR) is 109 cm³/mol. The van der Waals surface area contributed by atoms with Crippen LogP contribution in [-0.4, -0.2) is 19.5 Å². The Bertz CT molecular complexity index is 394. The molecule has 3 aliphatic rings. The van der Waals surface area contributed by atoms with Crippen LogP contribution in [-0.2, 0) is 9.47 Å². The normalized spacial score (nSPS) is 39.3. The van der Waals surface area contributed by atoms with Crippen molar-refractivity contribution < 1.29 is 9.47 Å². The van der Waals surface area contributed by atoms with E-state index in [9.17, 15) is 0 Å². The second-order valence-corrected chi connectivity index (χ2v) is 9.25. The van der Waals surface area contributed by atoms with Gasteiger partial charge in [-0.3, -0.25) is 0 Å². The van der Waals surface area contributed by atoms with Crippen LogP contribution in [0.15, 0.2) is 12.2 Å². The molecule has 150 valence electrons. The topological polar surface area (TPSA) is 18.5 Å². The number of allylic oxidation sites excluding steroid dienone is 2. The van der Waals surface area contributed by atoms with Gasteiger partial charge < -0.3 is 9.47 Å². The zero-order chi connectivity index (χ0) is 18.2. The lowest BCUT2D eigenvalue weighted by Gasteiger charge is -2.41. The molecule has 3 rings (SSSR count). The van der Waals surface area contributed by atoms with Crippen molar-refractivity contribution in [3.05, 3.63) is 12.2 Å². The van der Waals surface area contributed by atoms with E-state index in [1.807, 2.05) is 0 Å². The van der Waals surface area contributed by atoms with E-state index in [0.717, 1.165) is 49.7 Å². The Morgan fingerprint density at radius 2 is 1.27 bits per heavy atom. The Hall–Kier alpha value is -0.340. The number of hydrogen-bond donors (Lipinski definition) is 0. The van der Waals surface area contributed by atoms with E-state index in [0.29, 0.717) is 5.92 Å². The van der Waals surface area contributed by atoms with Gasteiger partial charge in [0, 0.05) is 12.3 Å². The van der Waals surface area contributed by atoms with Crippen LogP contribution in [0.3, 0.4) is 0 Å². The molecule has 0 bridgehead atoms. The molecule has 3 fully saturated rings. The van der Waals surface area contributed by atoms with Crippen molar-refractivity contribution in [3.8, 4) is 0 Å². The number of rotatable bonds is 7. The lowest BCUT2D eigenvalue weighted by Crippen LogP contribution is -2.38. The molecule has 0 aromatic heterocycles. The van der Waals surface area contributed by atoms with E-state index in [1.165, 1.54) is 64.2 Å². The molecule has 0 radical (unpaired) electrons. The first-order chi connectivity index (χ1) is 12.8. The first kappa shape index (κ1) is 20.4. The minimum atomic E-state index is 0.0390. The van der Waals surface area contributed by atoms with Crippen LogP contribution in [0, 0.1) is 29.6 Å². The Kier molecular flexibility index (Phi) is 8.52. The number of ether oxygens (including phenoxy) is 2. The fraction of sp³-hybridized carbons (Fsp3) is 0.917. The lowest BCUT2D eigenvalue weighted by molar-refractivity contribution is -0.212. The van der Waals surface area contributed by atoms with Gasteiger partial charge in [0.1, 0.15) is 0 Å². The zero-order valence-corrected chi connectivity index (χ0v) is 17.3. The van der Waals surface area contributed by atoms with E-state index in [-0.39, 0.29) is 6.29 Å². The summed E-state index contributed by atoms with van der Waals surface area (Å²) in [6.45, 7) is 6.28. The van der Waals surface area contributed by atoms with Gasteiger partial charge in [0.2, 0.25) is 0 Å². The summed E-state index contributed by atoms with van der Waals surface area (Å²) in [5, 5.41) is 0. The standard InChI is InChI=1S/C24H42O2/c1-3-5-6-8-24-25-17-23(18-26-24)22-15-13-21(14-16-22)20-11-9-19(7-4-2)10-12-20/h3,5,19-24H,4,6-18H2,1-2H3/t19-,20-,21-,22-,23?,24?. The van der Waals surface area contributed by atoms with E-state index in [1.54, 1.807) is 0 Å². The third-order valence-corrected chi connectivity index (χ3v) is 7.54. The van der Waals surface area contributed by atoms with Gasteiger partial charge in [-0.05, 0) is 75.5 Å². The van der Waals surface area contributed by atoms with Gasteiger partial charge in [0.15, 0.2) is 6.29 Å². The summed E-state index contributed by atoms with van der Waals surface area (Å²) >= 11 is 0. The van der Waals surface area contributed by atoms with Crippen LogP contribution < -0.4 is 0 Å². The molecule has 26 heavy (non-hydrogen) atoms. The second kappa shape index (κ2) is 10.9. The molecule has 2 saturated carbocycles. The molecular formula is C24H42O2. The molecule has 0 aromatic carbocycles. The molecule has 1 heterocycles. The summed E-state index contributed by atoms with van der Waals surface area (Å²) < 4.78 is 12.0. The fourth-order valence-corrected chi connectivity index (χ4v) is 5.84. The molecular weight excluding hydrogens is 320 g/mol. The van der Waals surface area contributed by atoms with E-state index < -0.39 is 0 Å². The minimum Gasteiger partial charge on any atom is -0.352 e. The smallest absolute Gasteiger partial charge is 0.157 e. The van der Waals surface area contributed by atoms with E-state index >= 15 is 0 Å². The first-order valence-corrected chi connectivity index (χ1v) is 11.6. The van der Waals surface area contributed by atoms with E-state index in [2.05, 4.69) is 26.0 Å². The van der Waals surface area contributed by atoms with Crippen molar-refractivity contribution in [2.75, 3.05) is 13.2 Å². The molecule has 0 spiro atoms. The average Bonchev–Trinajstić information content (AvgIpc) is 2.70. The van der Waals surface area contributed by atoms with Gasteiger partial charge in [-0.1, -0.05) is 44.8 Å². The zero-order valence-electron chi connectivity index (χ0n) is 17.3. The highest BCUT2D eigenvalue weighted by Gasteiger charge is 2.35. The fourth-order valence-electron chi connectivity index (χ4n) is 5.84. The lowest BCUT2D eigenvalue weighted by atomic mass is 9.67. The van der Waals surface area contributed by atoms with Gasteiger partial charge in [-0.2, -0.15) is 0 Å². The molecule has 0 aromatic rings. The van der Waals surface area contributed by atoms with E-state index in [4.69, 9.17) is 9.47 Å². The van der Waals surface area contributed by atoms with Crippen molar-refractivity contribution in [2.24, 2.45) is 29.6 Å². The quantitative estimate of drug-likeness (QED) is 0.467. The van der Waals surface area contributed by atoms with Crippen molar-refractivity contribution in [1.29, 1.82) is 0 Å². The van der Waals surface area contributed by atoms with Gasteiger partial charge in [-0.15, -0.1) is 0 Å². The molecule has 1 aliphatic heterocycles. The summed E-state index contributed by atoms with van der Waals surface area (Å²) in [5.41, 5.74) is 0. The van der Waals surface area contributed by atoms with Crippen LogP contribution in [0.1, 0.15) is 90.9 Å². The van der Waals surface area contributed by atoms with Crippen LogP contribution in [0.25, 0.3) is 0 Å². The Morgan fingerprint density at radius 3 is 1.81 bits per heavy atom. The van der Waals surface area contributed by atoms with Gasteiger partial charge in [0.25, 0.3) is 0 Å². The Morgan fingerprint density at radius 1 is 0.731 bits per heavy atom. The highest BCUT2D eigenvalue weighted by atomic mass is 16.7. The summed E-state index contributed by atoms with van der Waals surface area (Å²) in [7, 11) is 0. The van der Waals surface area contributed by atoms with Crippen molar-refractivity contribution in [2.45, 2.75) is 97.2 Å². The van der Waals surface area contributed by atoms with Crippen LogP contribution in [0.5, 0.6) is 0 Å². The minimum absolute atomic E-state index is 0.0390. The maximum atomic E-state index is 6.01. The highest BCUT2D eigenvalue weighted by Crippen LogP contribution is 2.44. The highest BCUT2D eigenvalue weighted by molar-refractivity contribution is 4.85. The largest absolute Gasteiger partial charge is 0.352 e. The molecule has 0 unspecified atom stereocenters. The van der Waals surface area contributed by atoms with Crippen molar-refractivity contribution in [1.82, 2.24) is 0 Å². The SMILES string of the molecule is CC=CCCC1OCC([C@H]2CC[C@H]([C@H]3CC[C@H](CCC)CC3)CC2)CO1. The molecule has 0 N–H and O–H groups in total. The predicted octanol–water partition coefficient (Wildman–Crippen LogP) is 6.74. The Labute approximate surface area is 162 Å². The van der Waals surface area contributed by atoms with Crippen LogP contribution >= 0.6 is 0 Å². The van der Waals surface area contributed by atoms with Crippen molar-refractivity contribution in [3.63, 3.8) is 0 Å². The molecule has 2 aliphatic carbocycles. The molecule has 2 heteroatoms. The van der Waals surface area contributed by atoms with Crippen LogP contribution in [0.4, 0.5) is 0 Å².